The standard InChI is InChI=1S/C20H20N2O4S/c1-25-15-7-3-13(4-8-15)11-21-18(23)17-12-27-19(22(17)20(21)24)14-5-9-16(26-2)10-6-14/h3-10,17,19H,11-12H2,1-2H3/t17-,19?/m0/s1. The molecule has 1 unspecified atom stereocenters. The molecule has 140 valence electrons. The molecular formula is C20H20N2O4S. The Bertz CT molecular complexity index is 853. The van der Waals surface area contributed by atoms with Crippen LogP contribution < -0.4 is 9.47 Å². The maximum atomic E-state index is 13.0. The molecule has 0 N–H and O–H groups in total. The summed E-state index contributed by atoms with van der Waals surface area (Å²) in [5.41, 5.74) is 1.89. The third kappa shape index (κ3) is 3.12. The van der Waals surface area contributed by atoms with Crippen LogP contribution in [-0.2, 0) is 11.3 Å². The number of rotatable bonds is 5. The first-order valence-corrected chi connectivity index (χ1v) is 9.69. The molecule has 4 rings (SSSR count). The zero-order chi connectivity index (χ0) is 19.0. The molecule has 0 spiro atoms. The number of urea groups is 1. The van der Waals surface area contributed by atoms with E-state index in [0.29, 0.717) is 5.75 Å². The number of hydrogen-bond donors (Lipinski definition) is 0. The van der Waals surface area contributed by atoms with Crippen LogP contribution in [0.5, 0.6) is 11.5 Å². The van der Waals surface area contributed by atoms with Crippen molar-refractivity contribution in [2.75, 3.05) is 20.0 Å². The maximum absolute atomic E-state index is 13.0. The van der Waals surface area contributed by atoms with Crippen LogP contribution in [-0.4, -0.2) is 47.8 Å². The highest BCUT2D eigenvalue weighted by molar-refractivity contribution is 7.99. The molecular weight excluding hydrogens is 364 g/mol. The largest absolute Gasteiger partial charge is 0.497 e. The van der Waals surface area contributed by atoms with E-state index in [-0.39, 0.29) is 23.9 Å². The van der Waals surface area contributed by atoms with E-state index in [1.54, 1.807) is 30.9 Å². The zero-order valence-electron chi connectivity index (χ0n) is 15.1. The Morgan fingerprint density at radius 1 is 0.963 bits per heavy atom. The summed E-state index contributed by atoms with van der Waals surface area (Å²) >= 11 is 1.62. The van der Waals surface area contributed by atoms with Crippen molar-refractivity contribution >= 4 is 23.7 Å². The molecule has 2 aromatic rings. The Morgan fingerprint density at radius 3 is 2.15 bits per heavy atom. The van der Waals surface area contributed by atoms with Crippen molar-refractivity contribution in [2.24, 2.45) is 0 Å². The van der Waals surface area contributed by atoms with E-state index in [2.05, 4.69) is 0 Å². The van der Waals surface area contributed by atoms with E-state index in [1.807, 2.05) is 48.5 Å². The second-order valence-electron chi connectivity index (χ2n) is 6.44. The Balaban J connectivity index is 1.54. The van der Waals surface area contributed by atoms with Crippen molar-refractivity contribution in [2.45, 2.75) is 18.0 Å². The fraction of sp³-hybridized carbons (Fsp3) is 0.300. The van der Waals surface area contributed by atoms with Crippen molar-refractivity contribution in [3.63, 3.8) is 0 Å². The molecule has 0 aromatic heterocycles. The van der Waals surface area contributed by atoms with Gasteiger partial charge in [0.25, 0.3) is 5.91 Å². The Kier molecular flexibility index (Phi) is 4.70. The van der Waals surface area contributed by atoms with Crippen molar-refractivity contribution < 1.29 is 19.1 Å². The fourth-order valence-electron chi connectivity index (χ4n) is 3.43. The number of carbonyl (C=O) groups is 2. The molecule has 2 aliphatic heterocycles. The highest BCUT2D eigenvalue weighted by Crippen LogP contribution is 2.45. The molecule has 0 aliphatic carbocycles. The van der Waals surface area contributed by atoms with Gasteiger partial charge in [0.2, 0.25) is 0 Å². The summed E-state index contributed by atoms with van der Waals surface area (Å²) in [6, 6.07) is 14.4. The van der Waals surface area contributed by atoms with Gasteiger partial charge in [0, 0.05) is 5.75 Å². The minimum Gasteiger partial charge on any atom is -0.497 e. The number of methoxy groups -OCH3 is 2. The highest BCUT2D eigenvalue weighted by Gasteiger charge is 2.52. The third-order valence-electron chi connectivity index (χ3n) is 4.90. The first-order valence-electron chi connectivity index (χ1n) is 8.64. The number of thioether (sulfide) groups is 1. The quantitative estimate of drug-likeness (QED) is 0.741. The lowest BCUT2D eigenvalue weighted by Crippen LogP contribution is -2.33. The molecule has 2 saturated heterocycles. The predicted molar refractivity (Wildman–Crippen MR) is 103 cm³/mol. The third-order valence-corrected chi connectivity index (χ3v) is 6.23. The van der Waals surface area contributed by atoms with Crippen molar-refractivity contribution in [1.82, 2.24) is 9.80 Å². The summed E-state index contributed by atoms with van der Waals surface area (Å²) in [6.45, 7) is 0.272. The van der Waals surface area contributed by atoms with E-state index in [9.17, 15) is 9.59 Å². The summed E-state index contributed by atoms with van der Waals surface area (Å²) in [5, 5.41) is -0.154. The van der Waals surface area contributed by atoms with Gasteiger partial charge in [-0.2, -0.15) is 0 Å². The van der Waals surface area contributed by atoms with E-state index >= 15 is 0 Å². The Hall–Kier alpha value is -2.67. The van der Waals surface area contributed by atoms with Gasteiger partial charge in [-0.1, -0.05) is 24.3 Å². The number of hydrogen-bond acceptors (Lipinski definition) is 5. The topological polar surface area (TPSA) is 59.1 Å². The number of carbonyl (C=O) groups excluding carboxylic acids is 2. The van der Waals surface area contributed by atoms with Crippen LogP contribution in [0, 0.1) is 0 Å². The number of ether oxygens (including phenoxy) is 2. The van der Waals surface area contributed by atoms with Crippen LogP contribution in [0.3, 0.4) is 0 Å². The minimum atomic E-state index is -0.396. The van der Waals surface area contributed by atoms with Gasteiger partial charge in [-0.25, -0.2) is 4.79 Å². The molecule has 0 bridgehead atoms. The Morgan fingerprint density at radius 2 is 1.56 bits per heavy atom. The van der Waals surface area contributed by atoms with Crippen molar-refractivity contribution in [1.29, 1.82) is 0 Å². The van der Waals surface area contributed by atoms with Crippen LogP contribution in [0.1, 0.15) is 16.5 Å². The second-order valence-corrected chi connectivity index (χ2v) is 7.55. The van der Waals surface area contributed by atoms with Crippen molar-refractivity contribution in [3.05, 3.63) is 59.7 Å². The maximum Gasteiger partial charge on any atom is 0.328 e. The summed E-state index contributed by atoms with van der Waals surface area (Å²) in [7, 11) is 3.23. The van der Waals surface area contributed by atoms with E-state index < -0.39 is 6.04 Å². The van der Waals surface area contributed by atoms with Gasteiger partial charge >= 0.3 is 6.03 Å². The van der Waals surface area contributed by atoms with Crippen molar-refractivity contribution in [3.8, 4) is 11.5 Å². The van der Waals surface area contributed by atoms with Crippen LogP contribution in [0.25, 0.3) is 0 Å². The highest BCUT2D eigenvalue weighted by atomic mass is 32.2. The Labute approximate surface area is 162 Å². The molecule has 6 nitrogen and oxygen atoms in total. The van der Waals surface area contributed by atoms with Crippen LogP contribution in [0.4, 0.5) is 4.79 Å². The summed E-state index contributed by atoms with van der Waals surface area (Å²) in [6.07, 6.45) is 0. The number of fused-ring (bicyclic) bond motifs is 1. The van der Waals surface area contributed by atoms with E-state index in [1.165, 1.54) is 4.90 Å². The molecule has 0 radical (unpaired) electrons. The van der Waals surface area contributed by atoms with Crippen LogP contribution >= 0.6 is 11.8 Å². The average molecular weight is 384 g/mol. The van der Waals surface area contributed by atoms with Gasteiger partial charge in [-0.3, -0.25) is 14.6 Å². The number of benzene rings is 2. The van der Waals surface area contributed by atoms with E-state index in [0.717, 1.165) is 22.6 Å². The molecule has 2 fully saturated rings. The van der Waals surface area contributed by atoms with Gasteiger partial charge in [0.15, 0.2) is 0 Å². The normalized spacial score (nSPS) is 21.6. The van der Waals surface area contributed by atoms with Crippen LogP contribution in [0.15, 0.2) is 48.5 Å². The second kappa shape index (κ2) is 7.15. The van der Waals surface area contributed by atoms with Gasteiger partial charge in [0.05, 0.1) is 20.8 Å². The van der Waals surface area contributed by atoms with Crippen LogP contribution in [0.2, 0.25) is 0 Å². The molecule has 3 amide bonds. The number of imide groups is 1. The summed E-state index contributed by atoms with van der Waals surface area (Å²) < 4.78 is 10.4. The molecule has 0 saturated carbocycles. The average Bonchev–Trinajstić information content (AvgIpc) is 3.25. The van der Waals surface area contributed by atoms with Gasteiger partial charge in [-0.05, 0) is 35.4 Å². The first kappa shape index (κ1) is 17.7. The lowest BCUT2D eigenvalue weighted by Gasteiger charge is -2.23. The lowest BCUT2D eigenvalue weighted by molar-refractivity contribution is -0.128. The molecule has 7 heteroatoms. The van der Waals surface area contributed by atoms with Gasteiger partial charge < -0.3 is 9.47 Å². The predicted octanol–water partition coefficient (Wildman–Crippen LogP) is 3.28. The monoisotopic (exact) mass is 384 g/mol. The minimum absolute atomic E-state index is 0.126. The first-order chi connectivity index (χ1) is 13.1. The number of amides is 3. The fourth-order valence-corrected chi connectivity index (χ4v) is 4.84. The molecule has 2 heterocycles. The summed E-state index contributed by atoms with van der Waals surface area (Å²) in [4.78, 5) is 28.9. The molecule has 2 aliphatic rings. The smallest absolute Gasteiger partial charge is 0.328 e. The molecule has 2 atom stereocenters. The zero-order valence-corrected chi connectivity index (χ0v) is 15.9. The SMILES string of the molecule is COc1ccc(CN2C(=O)[C@@H]3CSC(c4ccc(OC)cc4)N3C2=O)cc1. The molecule has 2 aromatic carbocycles. The molecule has 27 heavy (non-hydrogen) atoms. The summed E-state index contributed by atoms with van der Waals surface area (Å²) in [5.74, 6) is 2.00. The van der Waals surface area contributed by atoms with E-state index in [4.69, 9.17) is 9.47 Å². The lowest BCUT2D eigenvalue weighted by atomic mass is 10.2. The van der Waals surface area contributed by atoms with Gasteiger partial charge in [0.1, 0.15) is 22.9 Å². The van der Waals surface area contributed by atoms with Gasteiger partial charge in [-0.15, -0.1) is 11.8 Å². The number of nitrogens with zero attached hydrogens (tertiary/aromatic N) is 2.